The number of aromatic nitrogens is 2. The maximum atomic E-state index is 13.2. The molecule has 0 aliphatic carbocycles. The lowest BCUT2D eigenvalue weighted by atomic mass is 9.94. The van der Waals surface area contributed by atoms with Gasteiger partial charge in [0.15, 0.2) is 5.60 Å². The highest BCUT2D eigenvalue weighted by molar-refractivity contribution is 5.85. The molecular weight excluding hydrogens is 390 g/mol. The fourth-order valence-electron chi connectivity index (χ4n) is 3.92. The number of rotatable bonds is 6. The van der Waals surface area contributed by atoms with E-state index in [4.69, 9.17) is 9.47 Å². The normalized spacial score (nSPS) is 14.5. The third kappa shape index (κ3) is 4.80. The van der Waals surface area contributed by atoms with Crippen molar-refractivity contribution < 1.29 is 14.3 Å². The van der Waals surface area contributed by atoms with E-state index >= 15 is 0 Å². The molecule has 31 heavy (non-hydrogen) atoms. The van der Waals surface area contributed by atoms with E-state index in [1.807, 2.05) is 37.1 Å². The second kappa shape index (κ2) is 8.94. The second-order valence-electron chi connectivity index (χ2n) is 8.37. The zero-order valence-electron chi connectivity index (χ0n) is 18.3. The number of nitrogens with one attached hydrogen (secondary N) is 1. The van der Waals surface area contributed by atoms with Gasteiger partial charge < -0.3 is 14.4 Å². The summed E-state index contributed by atoms with van der Waals surface area (Å²) in [6.45, 7) is 8.00. The molecule has 1 aromatic heterocycles. The number of nitrogens with zero attached hydrogens (tertiary/aromatic N) is 2. The summed E-state index contributed by atoms with van der Waals surface area (Å²) in [5, 5.41) is 6.99. The number of amides is 1. The lowest BCUT2D eigenvalue weighted by Gasteiger charge is -2.35. The number of aromatic amines is 1. The van der Waals surface area contributed by atoms with Crippen LogP contribution in [0.2, 0.25) is 0 Å². The number of H-pyrrole nitrogens is 1. The minimum absolute atomic E-state index is 0.0422. The van der Waals surface area contributed by atoms with Crippen molar-refractivity contribution in [1.29, 1.82) is 0 Å². The Hall–Kier alpha value is -3.12. The van der Waals surface area contributed by atoms with E-state index in [0.717, 1.165) is 16.7 Å². The van der Waals surface area contributed by atoms with Gasteiger partial charge >= 0.3 is 0 Å². The molecule has 0 atom stereocenters. The van der Waals surface area contributed by atoms with Crippen molar-refractivity contribution in [1.82, 2.24) is 15.1 Å². The summed E-state index contributed by atoms with van der Waals surface area (Å²) in [6.07, 6.45) is 4.32. The third-order valence-corrected chi connectivity index (χ3v) is 5.51. The van der Waals surface area contributed by atoms with Gasteiger partial charge in [0.2, 0.25) is 0 Å². The van der Waals surface area contributed by atoms with Gasteiger partial charge in [0.05, 0.1) is 19.4 Å². The molecule has 161 valence electrons. The SMILES string of the molecule is Cc1cccc(Cc2c(OC(C)(C)C(=O)N3CCOCC3)[c]ccc2-c2cn[nH]c2)c1. The lowest BCUT2D eigenvalue weighted by molar-refractivity contribution is -0.149. The fraction of sp³-hybridized carbons (Fsp3) is 0.360. The highest BCUT2D eigenvalue weighted by Gasteiger charge is 2.35. The average Bonchev–Trinajstić information content (AvgIpc) is 3.29. The number of hydrogen-bond acceptors (Lipinski definition) is 4. The van der Waals surface area contributed by atoms with Crippen molar-refractivity contribution in [2.24, 2.45) is 0 Å². The van der Waals surface area contributed by atoms with Crippen molar-refractivity contribution in [3.63, 3.8) is 0 Å². The van der Waals surface area contributed by atoms with Crippen LogP contribution in [0.1, 0.15) is 30.5 Å². The Balaban J connectivity index is 1.69. The molecule has 6 nitrogen and oxygen atoms in total. The largest absolute Gasteiger partial charge is 0.477 e. The average molecular weight is 419 g/mol. The standard InChI is InChI=1S/C25H28N3O3/c1-18-6-4-7-19(14-18)15-22-21(20-16-26-27-17-20)8-5-9-23(22)31-25(2,3)24(29)28-10-12-30-13-11-28/h4-8,14,16-17H,10-13,15H2,1-3H3,(H,26,27). The summed E-state index contributed by atoms with van der Waals surface area (Å²) in [5.74, 6) is 0.547. The van der Waals surface area contributed by atoms with Crippen LogP contribution in [0.4, 0.5) is 0 Å². The molecule has 0 saturated carbocycles. The Morgan fingerprint density at radius 3 is 2.81 bits per heavy atom. The molecule has 1 aliphatic rings. The molecular formula is C25H28N3O3. The first-order valence-corrected chi connectivity index (χ1v) is 10.6. The summed E-state index contributed by atoms with van der Waals surface area (Å²) >= 11 is 0. The van der Waals surface area contributed by atoms with Crippen LogP contribution >= 0.6 is 0 Å². The molecule has 1 amide bonds. The Morgan fingerprint density at radius 2 is 2.10 bits per heavy atom. The smallest absolute Gasteiger partial charge is 0.266 e. The minimum atomic E-state index is -1.02. The van der Waals surface area contributed by atoms with Gasteiger partial charge in [-0.3, -0.25) is 9.89 Å². The highest BCUT2D eigenvalue weighted by atomic mass is 16.5. The van der Waals surface area contributed by atoms with E-state index in [2.05, 4.69) is 47.5 Å². The Bertz CT molecular complexity index is 1040. The van der Waals surface area contributed by atoms with Crippen LogP contribution in [0.3, 0.4) is 0 Å². The number of carbonyl (C=O) groups is 1. The molecule has 2 heterocycles. The van der Waals surface area contributed by atoms with Gasteiger partial charge in [-0.15, -0.1) is 0 Å². The monoisotopic (exact) mass is 418 g/mol. The Kier molecular flexibility index (Phi) is 6.09. The van der Waals surface area contributed by atoms with Gasteiger partial charge in [-0.05, 0) is 38.0 Å². The number of aryl methyl sites for hydroxylation is 1. The van der Waals surface area contributed by atoms with Crippen molar-refractivity contribution in [3.8, 4) is 16.9 Å². The Labute approximate surface area is 183 Å². The molecule has 1 radical (unpaired) electrons. The van der Waals surface area contributed by atoms with Gasteiger partial charge in [0, 0.05) is 42.9 Å². The van der Waals surface area contributed by atoms with Crippen LogP contribution in [0, 0.1) is 13.0 Å². The van der Waals surface area contributed by atoms with Crippen LogP contribution < -0.4 is 4.74 Å². The maximum absolute atomic E-state index is 13.2. The maximum Gasteiger partial charge on any atom is 0.266 e. The molecule has 0 spiro atoms. The molecule has 4 rings (SSSR count). The predicted octanol–water partition coefficient (Wildman–Crippen LogP) is 3.79. The van der Waals surface area contributed by atoms with E-state index in [0.29, 0.717) is 38.5 Å². The number of ether oxygens (including phenoxy) is 2. The number of carbonyl (C=O) groups excluding carboxylic acids is 1. The first-order valence-electron chi connectivity index (χ1n) is 10.6. The molecule has 1 saturated heterocycles. The summed E-state index contributed by atoms with van der Waals surface area (Å²) in [6, 6.07) is 15.5. The summed E-state index contributed by atoms with van der Waals surface area (Å²) < 4.78 is 11.8. The quantitative estimate of drug-likeness (QED) is 0.661. The molecule has 1 aliphatic heterocycles. The fourth-order valence-corrected chi connectivity index (χ4v) is 3.92. The number of benzene rings is 2. The second-order valence-corrected chi connectivity index (χ2v) is 8.37. The van der Waals surface area contributed by atoms with E-state index < -0.39 is 5.60 Å². The van der Waals surface area contributed by atoms with E-state index in [-0.39, 0.29) is 5.91 Å². The zero-order chi connectivity index (χ0) is 21.8. The number of morpholine rings is 1. The molecule has 3 aromatic rings. The van der Waals surface area contributed by atoms with Crippen LogP contribution in [0.5, 0.6) is 5.75 Å². The number of hydrogen-bond donors (Lipinski definition) is 1. The van der Waals surface area contributed by atoms with Gasteiger partial charge in [0.1, 0.15) is 5.75 Å². The van der Waals surface area contributed by atoms with Crippen molar-refractivity contribution in [2.45, 2.75) is 32.8 Å². The van der Waals surface area contributed by atoms with Crippen molar-refractivity contribution in [3.05, 3.63) is 71.5 Å². The van der Waals surface area contributed by atoms with Gasteiger partial charge in [-0.1, -0.05) is 35.9 Å². The van der Waals surface area contributed by atoms with Gasteiger partial charge in [0.25, 0.3) is 5.91 Å². The molecule has 1 N–H and O–H groups in total. The zero-order valence-corrected chi connectivity index (χ0v) is 18.3. The molecule has 0 unspecified atom stereocenters. The first kappa shape index (κ1) is 21.1. The molecule has 6 heteroatoms. The summed E-state index contributed by atoms with van der Waals surface area (Å²) in [4.78, 5) is 15.0. The van der Waals surface area contributed by atoms with E-state index in [1.165, 1.54) is 11.1 Å². The van der Waals surface area contributed by atoms with E-state index in [9.17, 15) is 4.79 Å². The Morgan fingerprint density at radius 1 is 1.29 bits per heavy atom. The third-order valence-electron chi connectivity index (χ3n) is 5.51. The highest BCUT2D eigenvalue weighted by Crippen LogP contribution is 2.34. The van der Waals surface area contributed by atoms with Crippen LogP contribution in [-0.2, 0) is 16.0 Å². The first-order chi connectivity index (χ1) is 14.9. The van der Waals surface area contributed by atoms with Crippen LogP contribution in [0.15, 0.2) is 48.8 Å². The van der Waals surface area contributed by atoms with Gasteiger partial charge in [-0.25, -0.2) is 0 Å². The minimum Gasteiger partial charge on any atom is -0.477 e. The van der Waals surface area contributed by atoms with Crippen molar-refractivity contribution >= 4 is 5.91 Å². The summed E-state index contributed by atoms with van der Waals surface area (Å²) in [5.41, 5.74) is 4.32. The van der Waals surface area contributed by atoms with Gasteiger partial charge in [-0.2, -0.15) is 5.10 Å². The molecule has 2 aromatic carbocycles. The molecule has 0 bridgehead atoms. The summed E-state index contributed by atoms with van der Waals surface area (Å²) in [7, 11) is 0. The van der Waals surface area contributed by atoms with Crippen LogP contribution in [0.25, 0.3) is 11.1 Å². The van der Waals surface area contributed by atoms with Crippen molar-refractivity contribution in [2.75, 3.05) is 26.3 Å². The topological polar surface area (TPSA) is 67.4 Å². The predicted molar refractivity (Wildman–Crippen MR) is 119 cm³/mol. The van der Waals surface area contributed by atoms with Crippen LogP contribution in [-0.4, -0.2) is 52.9 Å². The van der Waals surface area contributed by atoms with E-state index in [1.54, 1.807) is 6.20 Å². The molecule has 1 fully saturated rings. The lowest BCUT2D eigenvalue weighted by Crippen LogP contribution is -2.52.